The number of hydrogen-bond donors (Lipinski definition) is 3. The Morgan fingerprint density at radius 1 is 1.27 bits per heavy atom. The zero-order valence-electron chi connectivity index (χ0n) is 8.56. The van der Waals surface area contributed by atoms with Gasteiger partial charge in [0.05, 0.1) is 19.3 Å². The fourth-order valence-corrected chi connectivity index (χ4v) is 2.02. The number of rotatable bonds is 3. The highest BCUT2D eigenvalue weighted by molar-refractivity contribution is 5.52. The van der Waals surface area contributed by atoms with E-state index in [-0.39, 0.29) is 19.3 Å². The van der Waals surface area contributed by atoms with Gasteiger partial charge < -0.3 is 15.9 Å². The number of aliphatic hydroxyl groups excluding tert-OH is 2. The van der Waals surface area contributed by atoms with Crippen LogP contribution in [0.3, 0.4) is 0 Å². The van der Waals surface area contributed by atoms with E-state index in [1.807, 2.05) is 23.1 Å². The van der Waals surface area contributed by atoms with Gasteiger partial charge >= 0.3 is 0 Å². The van der Waals surface area contributed by atoms with Gasteiger partial charge in [0.15, 0.2) is 0 Å². The summed E-state index contributed by atoms with van der Waals surface area (Å²) in [5.74, 6) is 0. The zero-order chi connectivity index (χ0) is 10.8. The molecular formula is C11H16N2O2. The lowest BCUT2D eigenvalue weighted by atomic mass is 10.1. The maximum Gasteiger partial charge on any atom is 0.0609 e. The lowest BCUT2D eigenvalue weighted by molar-refractivity contribution is 0.0722. The van der Waals surface area contributed by atoms with Crippen molar-refractivity contribution in [2.45, 2.75) is 19.1 Å². The van der Waals surface area contributed by atoms with Crippen LogP contribution < -0.4 is 5.73 Å². The topological polar surface area (TPSA) is 69.7 Å². The van der Waals surface area contributed by atoms with E-state index in [1.54, 1.807) is 0 Å². The van der Waals surface area contributed by atoms with Crippen molar-refractivity contribution in [2.75, 3.05) is 18.9 Å². The van der Waals surface area contributed by atoms with Crippen LogP contribution in [-0.4, -0.2) is 34.4 Å². The number of fused-ring (bicyclic) bond motifs is 1. The standard InChI is InChI=1S/C11H16N2O2/c12-11-3-1-2-8-4-13(5-10(8)11)9(6-14)7-15/h1-3,9,14-15H,4-7,12H2. The van der Waals surface area contributed by atoms with Crippen LogP contribution in [0.4, 0.5) is 5.69 Å². The third-order valence-electron chi connectivity index (χ3n) is 2.98. The predicted octanol–water partition coefficient (Wildman–Crippen LogP) is -0.0624. The quantitative estimate of drug-likeness (QED) is 0.609. The second-order valence-electron chi connectivity index (χ2n) is 3.91. The molecule has 4 N–H and O–H groups in total. The highest BCUT2D eigenvalue weighted by Gasteiger charge is 2.25. The van der Waals surface area contributed by atoms with Crippen molar-refractivity contribution in [2.24, 2.45) is 0 Å². The van der Waals surface area contributed by atoms with Gasteiger partial charge in [-0.25, -0.2) is 0 Å². The molecule has 15 heavy (non-hydrogen) atoms. The molecule has 0 amide bonds. The molecule has 4 nitrogen and oxygen atoms in total. The fourth-order valence-electron chi connectivity index (χ4n) is 2.02. The average Bonchev–Trinajstić information content (AvgIpc) is 2.65. The van der Waals surface area contributed by atoms with E-state index in [9.17, 15) is 0 Å². The molecular weight excluding hydrogens is 192 g/mol. The molecule has 1 aliphatic rings. The van der Waals surface area contributed by atoms with E-state index in [4.69, 9.17) is 15.9 Å². The molecule has 0 saturated heterocycles. The largest absolute Gasteiger partial charge is 0.398 e. The summed E-state index contributed by atoms with van der Waals surface area (Å²) in [6.07, 6.45) is 0. The SMILES string of the molecule is Nc1cccc2c1CN(C(CO)CO)C2. The summed E-state index contributed by atoms with van der Waals surface area (Å²) in [6.45, 7) is 1.43. The predicted molar refractivity (Wildman–Crippen MR) is 58.1 cm³/mol. The summed E-state index contributed by atoms with van der Waals surface area (Å²) >= 11 is 0. The number of benzene rings is 1. The molecule has 1 aromatic carbocycles. The van der Waals surface area contributed by atoms with Gasteiger partial charge in [-0.1, -0.05) is 12.1 Å². The summed E-state index contributed by atoms with van der Waals surface area (Å²) in [5.41, 5.74) is 8.99. The molecule has 82 valence electrons. The van der Waals surface area contributed by atoms with Crippen LogP contribution in [0, 0.1) is 0 Å². The van der Waals surface area contributed by atoms with Crippen LogP contribution in [0.2, 0.25) is 0 Å². The van der Waals surface area contributed by atoms with E-state index < -0.39 is 0 Å². The first-order valence-electron chi connectivity index (χ1n) is 5.08. The van der Waals surface area contributed by atoms with Gasteiger partial charge in [0.2, 0.25) is 0 Å². The monoisotopic (exact) mass is 208 g/mol. The van der Waals surface area contributed by atoms with Crippen molar-refractivity contribution in [1.29, 1.82) is 0 Å². The lowest BCUT2D eigenvalue weighted by Crippen LogP contribution is -2.36. The first-order chi connectivity index (χ1) is 7.26. The number of nitrogens with zero attached hydrogens (tertiary/aromatic N) is 1. The molecule has 1 heterocycles. The van der Waals surface area contributed by atoms with E-state index in [2.05, 4.69) is 0 Å². The van der Waals surface area contributed by atoms with Crippen LogP contribution in [-0.2, 0) is 13.1 Å². The van der Waals surface area contributed by atoms with E-state index in [1.165, 1.54) is 5.56 Å². The third kappa shape index (κ3) is 1.84. The van der Waals surface area contributed by atoms with E-state index in [0.717, 1.165) is 17.8 Å². The van der Waals surface area contributed by atoms with E-state index >= 15 is 0 Å². The Kier molecular flexibility index (Phi) is 2.90. The van der Waals surface area contributed by atoms with Gasteiger partial charge in [0, 0.05) is 18.8 Å². The number of nitrogens with two attached hydrogens (primary N) is 1. The Labute approximate surface area is 88.9 Å². The van der Waals surface area contributed by atoms with Crippen molar-refractivity contribution in [3.8, 4) is 0 Å². The van der Waals surface area contributed by atoms with Crippen LogP contribution in [0.25, 0.3) is 0 Å². The molecule has 2 rings (SSSR count). The molecule has 0 aromatic heterocycles. The molecule has 0 bridgehead atoms. The van der Waals surface area contributed by atoms with Gasteiger partial charge in [-0.3, -0.25) is 4.90 Å². The molecule has 0 aliphatic carbocycles. The van der Waals surface area contributed by atoms with Crippen molar-refractivity contribution in [3.63, 3.8) is 0 Å². The average molecular weight is 208 g/mol. The highest BCUT2D eigenvalue weighted by atomic mass is 16.3. The number of aliphatic hydroxyl groups is 2. The molecule has 0 spiro atoms. The molecule has 4 heteroatoms. The van der Waals surface area contributed by atoms with Crippen molar-refractivity contribution in [1.82, 2.24) is 4.90 Å². The minimum atomic E-state index is -0.184. The Balaban J connectivity index is 2.18. The number of hydrogen-bond acceptors (Lipinski definition) is 4. The summed E-state index contributed by atoms with van der Waals surface area (Å²) < 4.78 is 0. The Hall–Kier alpha value is -1.10. The van der Waals surface area contributed by atoms with Gasteiger partial charge in [-0.05, 0) is 17.2 Å². The molecule has 0 saturated carbocycles. The number of anilines is 1. The minimum Gasteiger partial charge on any atom is -0.398 e. The normalized spacial score (nSPS) is 15.9. The zero-order valence-corrected chi connectivity index (χ0v) is 8.56. The van der Waals surface area contributed by atoms with Gasteiger partial charge in [-0.15, -0.1) is 0 Å². The molecule has 0 radical (unpaired) electrons. The molecule has 1 aromatic rings. The summed E-state index contributed by atoms with van der Waals surface area (Å²) in [7, 11) is 0. The Morgan fingerprint density at radius 2 is 2.00 bits per heavy atom. The first kappa shape index (κ1) is 10.4. The fraction of sp³-hybridized carbons (Fsp3) is 0.455. The van der Waals surface area contributed by atoms with Crippen molar-refractivity contribution >= 4 is 5.69 Å². The van der Waals surface area contributed by atoms with Gasteiger partial charge in [0.25, 0.3) is 0 Å². The maximum absolute atomic E-state index is 9.10. The maximum atomic E-state index is 9.10. The number of nitrogen functional groups attached to an aromatic ring is 1. The van der Waals surface area contributed by atoms with Crippen LogP contribution >= 0.6 is 0 Å². The second-order valence-corrected chi connectivity index (χ2v) is 3.91. The smallest absolute Gasteiger partial charge is 0.0609 e. The molecule has 1 aliphatic heterocycles. The second kappa shape index (κ2) is 4.18. The summed E-state index contributed by atoms with van der Waals surface area (Å²) in [4.78, 5) is 2.04. The van der Waals surface area contributed by atoms with E-state index in [0.29, 0.717) is 6.54 Å². The highest BCUT2D eigenvalue weighted by Crippen LogP contribution is 2.28. The van der Waals surface area contributed by atoms with Crippen molar-refractivity contribution < 1.29 is 10.2 Å². The Bertz CT molecular complexity index is 350. The minimum absolute atomic E-state index is 0.0234. The van der Waals surface area contributed by atoms with Crippen molar-refractivity contribution in [3.05, 3.63) is 29.3 Å². The first-order valence-corrected chi connectivity index (χ1v) is 5.08. The van der Waals surface area contributed by atoms with Gasteiger partial charge in [-0.2, -0.15) is 0 Å². The molecule has 0 atom stereocenters. The summed E-state index contributed by atoms with van der Waals surface area (Å²) in [6, 6.07) is 5.67. The summed E-state index contributed by atoms with van der Waals surface area (Å²) in [5, 5.41) is 18.2. The van der Waals surface area contributed by atoms with Crippen LogP contribution in [0.5, 0.6) is 0 Å². The lowest BCUT2D eigenvalue weighted by Gasteiger charge is -2.23. The van der Waals surface area contributed by atoms with Crippen LogP contribution in [0.15, 0.2) is 18.2 Å². The Morgan fingerprint density at radius 3 is 2.60 bits per heavy atom. The third-order valence-corrected chi connectivity index (χ3v) is 2.98. The molecule has 0 fully saturated rings. The van der Waals surface area contributed by atoms with Crippen LogP contribution in [0.1, 0.15) is 11.1 Å². The van der Waals surface area contributed by atoms with Gasteiger partial charge in [0.1, 0.15) is 0 Å². The molecule has 0 unspecified atom stereocenters.